The highest BCUT2D eigenvalue weighted by Gasteiger charge is 2.38. The van der Waals surface area contributed by atoms with Gasteiger partial charge in [-0.1, -0.05) is 6.92 Å². The monoisotopic (exact) mass is 438 g/mol. The number of nitrogens with zero attached hydrogens (tertiary/aromatic N) is 2. The van der Waals surface area contributed by atoms with E-state index < -0.39 is 0 Å². The van der Waals surface area contributed by atoms with Crippen molar-refractivity contribution in [1.82, 2.24) is 15.5 Å². The number of rotatable bonds is 4. The van der Waals surface area contributed by atoms with E-state index in [1.54, 1.807) is 0 Å². The summed E-state index contributed by atoms with van der Waals surface area (Å²) in [6.07, 6.45) is 5.52. The molecule has 22 heavy (non-hydrogen) atoms. The molecule has 3 fully saturated rings. The normalized spacial score (nSPS) is 30.9. The fourth-order valence-electron chi connectivity index (χ4n) is 3.49. The molecule has 4 nitrogen and oxygen atoms in total. The van der Waals surface area contributed by atoms with Gasteiger partial charge in [0, 0.05) is 38.8 Å². The molecular formula is C16H31IN4S. The van der Waals surface area contributed by atoms with Crippen molar-refractivity contribution in [2.24, 2.45) is 16.8 Å². The number of thioether (sulfide) groups is 1. The van der Waals surface area contributed by atoms with Crippen LogP contribution in [-0.2, 0) is 0 Å². The summed E-state index contributed by atoms with van der Waals surface area (Å²) < 4.78 is 0. The first-order valence-corrected chi connectivity index (χ1v) is 9.70. The van der Waals surface area contributed by atoms with E-state index in [4.69, 9.17) is 0 Å². The van der Waals surface area contributed by atoms with Crippen LogP contribution in [0.2, 0.25) is 0 Å². The zero-order chi connectivity index (χ0) is 14.7. The maximum atomic E-state index is 4.43. The Labute approximate surface area is 156 Å². The molecule has 2 atom stereocenters. The second-order valence-electron chi connectivity index (χ2n) is 6.92. The zero-order valence-electron chi connectivity index (χ0n) is 13.9. The molecule has 1 aliphatic carbocycles. The fraction of sp³-hybridized carbons (Fsp3) is 0.938. The molecule has 0 amide bonds. The van der Waals surface area contributed by atoms with Crippen LogP contribution >= 0.6 is 35.7 Å². The van der Waals surface area contributed by atoms with Crippen molar-refractivity contribution in [3.05, 3.63) is 0 Å². The van der Waals surface area contributed by atoms with E-state index in [1.807, 2.05) is 7.05 Å². The lowest BCUT2D eigenvalue weighted by molar-refractivity contribution is 0.315. The number of nitrogens with one attached hydrogen (secondary N) is 2. The van der Waals surface area contributed by atoms with Gasteiger partial charge in [0.2, 0.25) is 0 Å². The maximum Gasteiger partial charge on any atom is 0.191 e. The Hall–Kier alpha value is 0.310. The lowest BCUT2D eigenvalue weighted by Crippen LogP contribution is -2.47. The highest BCUT2D eigenvalue weighted by atomic mass is 127. The summed E-state index contributed by atoms with van der Waals surface area (Å²) in [5, 5.41) is 7.22. The Kier molecular flexibility index (Phi) is 7.60. The first-order valence-electron chi connectivity index (χ1n) is 8.55. The molecule has 3 rings (SSSR count). The van der Waals surface area contributed by atoms with Crippen molar-refractivity contribution in [2.45, 2.75) is 44.7 Å². The largest absolute Gasteiger partial charge is 0.356 e. The topological polar surface area (TPSA) is 39.7 Å². The number of guanidine groups is 1. The molecule has 6 heteroatoms. The van der Waals surface area contributed by atoms with Crippen molar-refractivity contribution in [3.63, 3.8) is 0 Å². The number of hydrogen-bond donors (Lipinski definition) is 2. The second kappa shape index (κ2) is 8.97. The first-order chi connectivity index (χ1) is 10.3. The van der Waals surface area contributed by atoms with Crippen LogP contribution in [0.15, 0.2) is 4.99 Å². The molecule has 0 aromatic heterocycles. The van der Waals surface area contributed by atoms with Crippen LogP contribution in [0, 0.1) is 11.8 Å². The fourth-order valence-corrected chi connectivity index (χ4v) is 4.70. The van der Waals surface area contributed by atoms with Crippen molar-refractivity contribution in [3.8, 4) is 0 Å². The Morgan fingerprint density at radius 2 is 1.91 bits per heavy atom. The average molecular weight is 438 g/mol. The van der Waals surface area contributed by atoms with E-state index in [0.29, 0.717) is 6.04 Å². The molecule has 0 aromatic carbocycles. The minimum Gasteiger partial charge on any atom is -0.356 e. The van der Waals surface area contributed by atoms with E-state index in [1.165, 1.54) is 50.3 Å². The maximum absolute atomic E-state index is 4.43. The predicted octanol–water partition coefficient (Wildman–Crippen LogP) is 2.40. The van der Waals surface area contributed by atoms with Gasteiger partial charge in [0.1, 0.15) is 0 Å². The minimum atomic E-state index is 0. The highest BCUT2D eigenvalue weighted by molar-refractivity contribution is 14.0. The van der Waals surface area contributed by atoms with Crippen LogP contribution in [0.25, 0.3) is 0 Å². The van der Waals surface area contributed by atoms with Gasteiger partial charge in [0.05, 0.1) is 0 Å². The molecule has 128 valence electrons. The second-order valence-corrected chi connectivity index (χ2v) is 8.15. The van der Waals surface area contributed by atoms with Gasteiger partial charge in [-0.05, 0) is 49.0 Å². The molecule has 0 aromatic rings. The van der Waals surface area contributed by atoms with Gasteiger partial charge in [-0.3, -0.25) is 9.89 Å². The lowest BCUT2D eigenvalue weighted by Gasteiger charge is -2.25. The molecular weight excluding hydrogens is 407 g/mol. The third-order valence-corrected chi connectivity index (χ3v) is 6.20. The summed E-state index contributed by atoms with van der Waals surface area (Å²) >= 11 is 2.09. The Balaban J connectivity index is 0.00000176. The van der Waals surface area contributed by atoms with Crippen molar-refractivity contribution < 1.29 is 0 Å². The zero-order valence-corrected chi connectivity index (χ0v) is 17.0. The standard InChI is InChI=1S/C16H30N4S.HI/c1-12-10-20(14-3-4-14)11-15(12)19-16(17-2)18-9-13-5-7-21-8-6-13;/h12-15H,3-11H2,1-2H3,(H2,17,18,19);1H. The van der Waals surface area contributed by atoms with E-state index in [-0.39, 0.29) is 24.0 Å². The molecule has 2 aliphatic heterocycles. The third-order valence-electron chi connectivity index (χ3n) is 5.15. The molecule has 3 aliphatic rings. The van der Waals surface area contributed by atoms with Gasteiger partial charge >= 0.3 is 0 Å². The number of aliphatic imine (C=N–C) groups is 1. The van der Waals surface area contributed by atoms with Crippen molar-refractivity contribution >= 4 is 41.7 Å². The van der Waals surface area contributed by atoms with Gasteiger partial charge in [-0.2, -0.15) is 11.8 Å². The third kappa shape index (κ3) is 5.16. The van der Waals surface area contributed by atoms with Crippen LogP contribution in [0.1, 0.15) is 32.6 Å². The van der Waals surface area contributed by atoms with Crippen molar-refractivity contribution in [2.75, 3.05) is 38.2 Å². The van der Waals surface area contributed by atoms with Gasteiger partial charge in [0.15, 0.2) is 5.96 Å². The Bertz CT molecular complexity index is 369. The summed E-state index contributed by atoms with van der Waals surface area (Å²) in [6.45, 7) is 5.88. The van der Waals surface area contributed by atoms with Crippen LogP contribution in [0.5, 0.6) is 0 Å². The number of halogens is 1. The summed E-state index contributed by atoms with van der Waals surface area (Å²) in [5.41, 5.74) is 0. The number of hydrogen-bond acceptors (Lipinski definition) is 3. The molecule has 0 spiro atoms. The molecule has 2 saturated heterocycles. The van der Waals surface area contributed by atoms with Gasteiger partial charge in [-0.15, -0.1) is 24.0 Å². The van der Waals surface area contributed by atoms with E-state index in [2.05, 4.69) is 39.2 Å². The van der Waals surface area contributed by atoms with Gasteiger partial charge < -0.3 is 10.6 Å². The SMILES string of the molecule is CN=C(NCC1CCSCC1)NC1CN(C2CC2)CC1C.I. The summed E-state index contributed by atoms with van der Waals surface area (Å²) in [7, 11) is 1.89. The van der Waals surface area contributed by atoms with E-state index in [9.17, 15) is 0 Å². The lowest BCUT2D eigenvalue weighted by atomic mass is 10.0. The predicted molar refractivity (Wildman–Crippen MR) is 108 cm³/mol. The quantitative estimate of drug-likeness (QED) is 0.402. The summed E-state index contributed by atoms with van der Waals surface area (Å²) in [4.78, 5) is 7.09. The smallest absolute Gasteiger partial charge is 0.191 e. The summed E-state index contributed by atoms with van der Waals surface area (Å²) in [5.74, 6) is 5.20. The Morgan fingerprint density at radius 1 is 1.18 bits per heavy atom. The van der Waals surface area contributed by atoms with Crippen molar-refractivity contribution in [1.29, 1.82) is 0 Å². The molecule has 2 N–H and O–H groups in total. The van der Waals surface area contributed by atoms with Crippen LogP contribution in [0.4, 0.5) is 0 Å². The van der Waals surface area contributed by atoms with Crippen LogP contribution in [0.3, 0.4) is 0 Å². The minimum absolute atomic E-state index is 0. The molecule has 1 saturated carbocycles. The molecule has 2 heterocycles. The molecule has 2 unspecified atom stereocenters. The average Bonchev–Trinajstić information content (AvgIpc) is 3.29. The molecule has 0 radical (unpaired) electrons. The Morgan fingerprint density at radius 3 is 2.55 bits per heavy atom. The first kappa shape index (κ1) is 18.6. The highest BCUT2D eigenvalue weighted by Crippen LogP contribution is 2.31. The molecule has 0 bridgehead atoms. The van der Waals surface area contributed by atoms with Gasteiger partial charge in [-0.25, -0.2) is 0 Å². The number of likely N-dealkylation sites (tertiary alicyclic amines) is 1. The van der Waals surface area contributed by atoms with E-state index in [0.717, 1.165) is 30.4 Å². The van der Waals surface area contributed by atoms with Gasteiger partial charge in [0.25, 0.3) is 0 Å². The van der Waals surface area contributed by atoms with Crippen LogP contribution < -0.4 is 10.6 Å². The van der Waals surface area contributed by atoms with Crippen LogP contribution in [-0.4, -0.2) is 61.1 Å². The van der Waals surface area contributed by atoms with E-state index >= 15 is 0 Å². The summed E-state index contributed by atoms with van der Waals surface area (Å²) in [6, 6.07) is 1.44.